The number of aliphatic carboxylic acids is 1. The lowest BCUT2D eigenvalue weighted by molar-refractivity contribution is -0.147. The maximum Gasteiger partial charge on any atom is 0.306 e. The lowest BCUT2D eigenvalue weighted by atomic mass is 9.94. The van der Waals surface area contributed by atoms with Crippen LogP contribution in [0.25, 0.3) is 0 Å². The van der Waals surface area contributed by atoms with Gasteiger partial charge in [-0.3, -0.25) is 28.9 Å². The van der Waals surface area contributed by atoms with Crippen LogP contribution in [0.3, 0.4) is 0 Å². The minimum atomic E-state index is -0.945. The number of carboxylic acid groups (broad SMARTS) is 1. The van der Waals surface area contributed by atoms with E-state index >= 15 is 0 Å². The molecular weight excluding hydrogens is 659 g/mol. The second-order valence-electron chi connectivity index (χ2n) is 14.0. The predicted molar refractivity (Wildman–Crippen MR) is 192 cm³/mol. The van der Waals surface area contributed by atoms with Crippen LogP contribution in [0.1, 0.15) is 107 Å². The number of likely N-dealkylation sites (N-methyl/N-ethyl adjacent to an activating group) is 1. The summed E-state index contributed by atoms with van der Waals surface area (Å²) in [6.45, 7) is 11.6. The van der Waals surface area contributed by atoms with Crippen molar-refractivity contribution in [2.24, 2.45) is 17.8 Å². The van der Waals surface area contributed by atoms with E-state index in [1.54, 1.807) is 12.3 Å². The Labute approximate surface area is 300 Å². The van der Waals surface area contributed by atoms with Crippen molar-refractivity contribution < 1.29 is 33.8 Å². The van der Waals surface area contributed by atoms with Crippen molar-refractivity contribution in [3.05, 3.63) is 52.0 Å². The van der Waals surface area contributed by atoms with E-state index in [-0.39, 0.29) is 48.2 Å². The monoisotopic (exact) mass is 713 g/mol. The van der Waals surface area contributed by atoms with Crippen LogP contribution in [0.15, 0.2) is 35.7 Å². The van der Waals surface area contributed by atoms with Crippen molar-refractivity contribution >= 4 is 41.0 Å². The topological polar surface area (TPSA) is 167 Å². The molecule has 4 N–H and O–H groups in total. The summed E-state index contributed by atoms with van der Waals surface area (Å²) in [5.74, 6) is -3.24. The van der Waals surface area contributed by atoms with Crippen molar-refractivity contribution in [1.82, 2.24) is 25.8 Å². The second-order valence-corrected chi connectivity index (χ2v) is 14.9. The lowest BCUT2D eigenvalue weighted by Gasteiger charge is -2.34. The van der Waals surface area contributed by atoms with Crippen molar-refractivity contribution in [1.29, 1.82) is 0 Å². The molecule has 0 aliphatic carbocycles. The van der Waals surface area contributed by atoms with E-state index in [0.717, 1.165) is 31.4 Å². The van der Waals surface area contributed by atoms with E-state index in [1.807, 2.05) is 70.0 Å². The molecule has 276 valence electrons. The molecule has 1 fully saturated rings. The second kappa shape index (κ2) is 19.5. The van der Waals surface area contributed by atoms with Crippen molar-refractivity contribution in [2.75, 3.05) is 13.6 Å². The van der Waals surface area contributed by atoms with Crippen molar-refractivity contribution in [2.45, 2.75) is 117 Å². The molecule has 50 heavy (non-hydrogen) atoms. The Morgan fingerprint density at radius 3 is 2.32 bits per heavy atom. The van der Waals surface area contributed by atoms with Crippen LogP contribution in [0.2, 0.25) is 0 Å². The van der Waals surface area contributed by atoms with Crippen molar-refractivity contribution in [3.63, 3.8) is 0 Å². The molecule has 3 amide bonds. The van der Waals surface area contributed by atoms with E-state index in [0.29, 0.717) is 17.8 Å². The number of thiazole rings is 1. The van der Waals surface area contributed by atoms with Gasteiger partial charge in [-0.15, -0.1) is 11.3 Å². The fourth-order valence-corrected chi connectivity index (χ4v) is 7.02. The van der Waals surface area contributed by atoms with E-state index in [4.69, 9.17) is 4.74 Å². The Bertz CT molecular complexity index is 1430. The maximum absolute atomic E-state index is 13.8. The predicted octanol–water partition coefficient (Wildman–Crippen LogP) is 4.75. The Kier molecular flexibility index (Phi) is 15.8. The van der Waals surface area contributed by atoms with E-state index < -0.39 is 48.0 Å². The quantitative estimate of drug-likeness (QED) is 0.160. The van der Waals surface area contributed by atoms with Gasteiger partial charge in [-0.2, -0.15) is 0 Å². The number of piperidine rings is 1. The van der Waals surface area contributed by atoms with Gasteiger partial charge in [0.25, 0.3) is 5.91 Å². The van der Waals surface area contributed by atoms with Crippen LogP contribution in [0, 0.1) is 17.8 Å². The number of nitrogens with zero attached hydrogens (tertiary/aromatic N) is 2. The number of amides is 3. The van der Waals surface area contributed by atoms with Crippen LogP contribution in [-0.2, 0) is 30.3 Å². The fraction of sp³-hybridized carbons (Fsp3) is 0.622. The van der Waals surface area contributed by atoms with Gasteiger partial charge in [0.1, 0.15) is 16.7 Å². The van der Waals surface area contributed by atoms with Gasteiger partial charge in [-0.05, 0) is 56.7 Å². The summed E-state index contributed by atoms with van der Waals surface area (Å²) in [7, 11) is 1.93. The van der Waals surface area contributed by atoms with Gasteiger partial charge in [0.05, 0.1) is 12.0 Å². The molecule has 1 saturated heterocycles. The highest BCUT2D eigenvalue weighted by atomic mass is 32.1. The molecule has 7 atom stereocenters. The van der Waals surface area contributed by atoms with E-state index in [9.17, 15) is 29.1 Å². The summed E-state index contributed by atoms with van der Waals surface area (Å²) in [6.07, 6.45) is 3.49. The highest BCUT2D eigenvalue weighted by molar-refractivity contribution is 7.09. The van der Waals surface area contributed by atoms with Crippen LogP contribution in [0.5, 0.6) is 0 Å². The molecule has 13 heteroatoms. The van der Waals surface area contributed by atoms with Crippen LogP contribution >= 0.6 is 11.3 Å². The summed E-state index contributed by atoms with van der Waals surface area (Å²) in [5.41, 5.74) is 1.09. The molecule has 0 saturated carbocycles. The zero-order valence-corrected chi connectivity index (χ0v) is 31.3. The highest BCUT2D eigenvalue weighted by Gasteiger charge is 2.34. The summed E-state index contributed by atoms with van der Waals surface area (Å²) >= 11 is 1.17. The molecule has 1 aromatic carbocycles. The molecule has 0 unspecified atom stereocenters. The summed E-state index contributed by atoms with van der Waals surface area (Å²) < 4.78 is 5.70. The Morgan fingerprint density at radius 2 is 1.72 bits per heavy atom. The average molecular weight is 714 g/mol. The zero-order chi connectivity index (χ0) is 37.0. The Morgan fingerprint density at radius 1 is 1.02 bits per heavy atom. The van der Waals surface area contributed by atoms with Crippen LogP contribution in [0.4, 0.5) is 0 Å². The van der Waals surface area contributed by atoms with Crippen LogP contribution < -0.4 is 16.0 Å². The highest BCUT2D eigenvalue weighted by Crippen LogP contribution is 2.29. The lowest BCUT2D eigenvalue weighted by Crippen LogP contribution is -2.57. The van der Waals surface area contributed by atoms with Gasteiger partial charge >= 0.3 is 11.9 Å². The first-order valence-electron chi connectivity index (χ1n) is 17.7. The SMILES string of the molecule is CC[C@H](C)[C@H](NC(=O)[C@H]1CCCCN1C)C(=O)N[C@H](C[C@@H](OC(C)=O)c1nc(C(=O)N[C@@H](Cc2ccccc2)C[C@@H](C)C(=O)O)cs1)C(C)C. The number of ether oxygens (including phenoxy) is 1. The number of carboxylic acids is 1. The summed E-state index contributed by atoms with van der Waals surface area (Å²) in [4.78, 5) is 70.9. The number of esters is 1. The van der Waals surface area contributed by atoms with Crippen LogP contribution in [-0.4, -0.2) is 82.4 Å². The first-order valence-corrected chi connectivity index (χ1v) is 18.6. The number of nitrogens with one attached hydrogen (secondary N) is 3. The molecule has 0 bridgehead atoms. The van der Waals surface area contributed by atoms with Gasteiger partial charge in [0.15, 0.2) is 6.10 Å². The third kappa shape index (κ3) is 12.2. The average Bonchev–Trinajstić information content (AvgIpc) is 3.57. The number of hydrogen-bond acceptors (Lipinski definition) is 9. The fourth-order valence-electron chi connectivity index (χ4n) is 6.18. The van der Waals surface area contributed by atoms with Gasteiger partial charge in [0, 0.05) is 30.8 Å². The molecule has 0 radical (unpaired) electrons. The van der Waals surface area contributed by atoms with E-state index in [2.05, 4.69) is 20.9 Å². The third-order valence-electron chi connectivity index (χ3n) is 9.52. The third-order valence-corrected chi connectivity index (χ3v) is 10.5. The number of likely N-dealkylation sites (tertiary alicyclic amines) is 1. The number of benzene rings is 1. The largest absolute Gasteiger partial charge is 0.481 e. The molecule has 1 aromatic heterocycles. The summed E-state index contributed by atoms with van der Waals surface area (Å²) in [6, 6.07) is 7.61. The zero-order valence-electron chi connectivity index (χ0n) is 30.4. The maximum atomic E-state index is 13.8. The molecule has 1 aliphatic heterocycles. The number of hydrogen-bond donors (Lipinski definition) is 4. The van der Waals surface area contributed by atoms with Gasteiger partial charge in [0.2, 0.25) is 11.8 Å². The number of rotatable bonds is 18. The molecule has 2 aromatic rings. The van der Waals surface area contributed by atoms with Gasteiger partial charge in [-0.25, -0.2) is 4.98 Å². The summed E-state index contributed by atoms with van der Waals surface area (Å²) in [5, 5.41) is 20.6. The minimum Gasteiger partial charge on any atom is -0.481 e. The number of aromatic nitrogens is 1. The number of carbonyl (C=O) groups excluding carboxylic acids is 4. The molecule has 1 aliphatic rings. The van der Waals surface area contributed by atoms with E-state index in [1.165, 1.54) is 18.3 Å². The first-order chi connectivity index (χ1) is 23.7. The Hall–Kier alpha value is -3.84. The number of carbonyl (C=O) groups is 5. The smallest absolute Gasteiger partial charge is 0.306 e. The Balaban J connectivity index is 1.76. The molecule has 12 nitrogen and oxygen atoms in total. The first kappa shape index (κ1) is 40.6. The van der Waals surface area contributed by atoms with Gasteiger partial charge in [-0.1, -0.05) is 77.8 Å². The van der Waals surface area contributed by atoms with Crippen molar-refractivity contribution in [3.8, 4) is 0 Å². The minimum absolute atomic E-state index is 0.0625. The van der Waals surface area contributed by atoms with Gasteiger partial charge < -0.3 is 25.8 Å². The molecule has 0 spiro atoms. The molecule has 3 rings (SSSR count). The normalized spacial score (nSPS) is 18.6. The molecule has 2 heterocycles. The molecular formula is C37H55N5O7S. The standard InChI is InChI=1S/C37H55N5O7S/c1-8-23(4)32(41-34(45)30-16-12-13-17-42(30)7)35(46)39-28(22(2)3)20-31(49-25(6)43)36-40-29(21-50-36)33(44)38-27(18-24(5)37(47)48)19-26-14-10-9-11-15-26/h9-11,14-15,21-24,27-28,30-32H,8,12-13,16-20H2,1-7H3,(H,38,44)(H,39,46)(H,41,45)(H,47,48)/t23-,24+,27+,28+,30+,31+,32-/m0/s1.